The Kier molecular flexibility index (Phi) is 5.23. The lowest BCUT2D eigenvalue weighted by atomic mass is 10.1. The molecule has 1 fully saturated rings. The van der Waals surface area contributed by atoms with Gasteiger partial charge in [0.15, 0.2) is 0 Å². The smallest absolute Gasteiger partial charge is 0.251 e. The van der Waals surface area contributed by atoms with Crippen LogP contribution >= 0.6 is 0 Å². The fourth-order valence-corrected chi connectivity index (χ4v) is 3.10. The second kappa shape index (κ2) is 7.55. The fourth-order valence-electron chi connectivity index (χ4n) is 3.10. The van der Waals surface area contributed by atoms with E-state index in [0.717, 1.165) is 6.54 Å². The summed E-state index contributed by atoms with van der Waals surface area (Å²) < 4.78 is 12.9. The largest absolute Gasteiger partial charge is 0.392 e. The van der Waals surface area contributed by atoms with Gasteiger partial charge in [0.1, 0.15) is 5.82 Å². The van der Waals surface area contributed by atoms with Crippen LogP contribution in [0.25, 0.3) is 0 Å². The summed E-state index contributed by atoms with van der Waals surface area (Å²) in [6.45, 7) is 1.81. The van der Waals surface area contributed by atoms with Crippen molar-refractivity contribution in [2.75, 3.05) is 13.1 Å². The first-order valence-corrected chi connectivity index (χ1v) is 8.11. The van der Waals surface area contributed by atoms with Crippen molar-refractivity contribution >= 4 is 5.91 Å². The second-order valence-electron chi connectivity index (χ2n) is 6.18. The highest BCUT2D eigenvalue weighted by molar-refractivity contribution is 5.94. The first kappa shape index (κ1) is 16.6. The summed E-state index contributed by atoms with van der Waals surface area (Å²) in [6.07, 6.45) is 0.262. The van der Waals surface area contributed by atoms with Gasteiger partial charge in [-0.1, -0.05) is 30.3 Å². The minimum atomic E-state index is -0.374. The highest BCUT2D eigenvalue weighted by Gasteiger charge is 2.30. The number of hydrogen-bond donors (Lipinski definition) is 2. The lowest BCUT2D eigenvalue weighted by molar-refractivity contribution is 0.0940. The Bertz CT molecular complexity index is 676. The molecule has 1 aliphatic rings. The van der Waals surface area contributed by atoms with E-state index in [0.29, 0.717) is 25.1 Å². The molecule has 1 aliphatic heterocycles. The van der Waals surface area contributed by atoms with Crippen molar-refractivity contribution in [1.29, 1.82) is 0 Å². The summed E-state index contributed by atoms with van der Waals surface area (Å²) in [5.41, 5.74) is 1.62. The molecule has 3 rings (SSSR count). The zero-order valence-electron chi connectivity index (χ0n) is 13.4. The number of halogens is 1. The SMILES string of the molecule is O=C(NCC1CC(O)CN1Cc1ccccc1)c1ccc(F)cc1. The molecule has 2 atom stereocenters. The summed E-state index contributed by atoms with van der Waals surface area (Å²) >= 11 is 0. The Morgan fingerprint density at radius 2 is 1.88 bits per heavy atom. The molecule has 1 amide bonds. The van der Waals surface area contributed by atoms with Crippen molar-refractivity contribution in [1.82, 2.24) is 10.2 Å². The molecule has 126 valence electrons. The molecule has 2 N–H and O–H groups in total. The molecular weight excluding hydrogens is 307 g/mol. The Labute approximate surface area is 140 Å². The van der Waals surface area contributed by atoms with E-state index in [9.17, 15) is 14.3 Å². The first-order valence-electron chi connectivity index (χ1n) is 8.11. The molecule has 2 aromatic rings. The topological polar surface area (TPSA) is 52.6 Å². The van der Waals surface area contributed by atoms with Crippen LogP contribution in [0.4, 0.5) is 4.39 Å². The summed E-state index contributed by atoms with van der Waals surface area (Å²) in [4.78, 5) is 14.3. The molecule has 0 aromatic heterocycles. The van der Waals surface area contributed by atoms with Gasteiger partial charge in [-0.15, -0.1) is 0 Å². The number of carbonyl (C=O) groups excluding carboxylic acids is 1. The number of carbonyl (C=O) groups is 1. The molecule has 0 aliphatic carbocycles. The molecule has 5 heteroatoms. The van der Waals surface area contributed by atoms with Crippen LogP contribution in [0.3, 0.4) is 0 Å². The first-order chi connectivity index (χ1) is 11.6. The van der Waals surface area contributed by atoms with E-state index < -0.39 is 0 Å². The van der Waals surface area contributed by atoms with E-state index in [1.807, 2.05) is 18.2 Å². The van der Waals surface area contributed by atoms with Crippen LogP contribution in [0.5, 0.6) is 0 Å². The Balaban J connectivity index is 1.58. The number of likely N-dealkylation sites (tertiary alicyclic amines) is 1. The Morgan fingerprint density at radius 3 is 2.58 bits per heavy atom. The molecule has 2 aromatic carbocycles. The van der Waals surface area contributed by atoms with Crippen LogP contribution in [-0.4, -0.2) is 41.1 Å². The van der Waals surface area contributed by atoms with E-state index in [-0.39, 0.29) is 23.9 Å². The third-order valence-electron chi connectivity index (χ3n) is 4.34. The highest BCUT2D eigenvalue weighted by Crippen LogP contribution is 2.20. The van der Waals surface area contributed by atoms with Gasteiger partial charge in [-0.25, -0.2) is 4.39 Å². The van der Waals surface area contributed by atoms with Crippen LogP contribution in [0, 0.1) is 5.82 Å². The molecule has 0 bridgehead atoms. The molecule has 24 heavy (non-hydrogen) atoms. The number of β-amino-alcohol motifs (C(OH)–C–C–N with tert-alkyl or cyclic N) is 1. The van der Waals surface area contributed by atoms with E-state index in [1.54, 1.807) is 0 Å². The number of aliphatic hydroxyl groups excluding tert-OH is 1. The Hall–Kier alpha value is -2.24. The molecule has 4 nitrogen and oxygen atoms in total. The van der Waals surface area contributed by atoms with Crippen molar-refractivity contribution in [3.05, 3.63) is 71.5 Å². The van der Waals surface area contributed by atoms with Gasteiger partial charge in [0, 0.05) is 31.2 Å². The molecule has 0 spiro atoms. The van der Waals surface area contributed by atoms with Crippen LogP contribution in [0.1, 0.15) is 22.3 Å². The number of aliphatic hydroxyl groups is 1. The van der Waals surface area contributed by atoms with Gasteiger partial charge in [0.25, 0.3) is 5.91 Å². The summed E-state index contributed by atoms with van der Waals surface area (Å²) in [7, 11) is 0. The predicted molar refractivity (Wildman–Crippen MR) is 90.0 cm³/mol. The van der Waals surface area contributed by atoms with Crippen molar-refractivity contribution in [2.24, 2.45) is 0 Å². The van der Waals surface area contributed by atoms with Crippen LogP contribution in [0.2, 0.25) is 0 Å². The summed E-state index contributed by atoms with van der Waals surface area (Å²) in [6, 6.07) is 15.6. The van der Waals surface area contributed by atoms with Gasteiger partial charge in [0.05, 0.1) is 6.10 Å². The normalized spacial score (nSPS) is 20.9. The van der Waals surface area contributed by atoms with Crippen molar-refractivity contribution < 1.29 is 14.3 Å². The van der Waals surface area contributed by atoms with Gasteiger partial charge in [0.2, 0.25) is 0 Å². The Morgan fingerprint density at radius 1 is 1.17 bits per heavy atom. The quantitative estimate of drug-likeness (QED) is 0.885. The maximum absolute atomic E-state index is 12.9. The maximum atomic E-state index is 12.9. The second-order valence-corrected chi connectivity index (χ2v) is 6.18. The van der Waals surface area contributed by atoms with E-state index in [4.69, 9.17) is 0 Å². The summed E-state index contributed by atoms with van der Waals surface area (Å²) in [5, 5.41) is 12.8. The van der Waals surface area contributed by atoms with Gasteiger partial charge in [-0.3, -0.25) is 9.69 Å². The minimum absolute atomic E-state index is 0.0876. The zero-order valence-corrected chi connectivity index (χ0v) is 13.4. The molecule has 0 saturated carbocycles. The summed E-state index contributed by atoms with van der Waals surface area (Å²) in [5.74, 6) is -0.587. The molecule has 2 unspecified atom stereocenters. The van der Waals surface area contributed by atoms with Crippen molar-refractivity contribution in [3.8, 4) is 0 Å². The third-order valence-corrected chi connectivity index (χ3v) is 4.34. The molecule has 0 radical (unpaired) electrons. The van der Waals surface area contributed by atoms with E-state index in [1.165, 1.54) is 29.8 Å². The van der Waals surface area contributed by atoms with E-state index in [2.05, 4.69) is 22.3 Å². The number of hydrogen-bond acceptors (Lipinski definition) is 3. The maximum Gasteiger partial charge on any atom is 0.251 e. The van der Waals surface area contributed by atoms with Crippen LogP contribution in [0.15, 0.2) is 54.6 Å². The van der Waals surface area contributed by atoms with Crippen molar-refractivity contribution in [2.45, 2.75) is 25.1 Å². The number of nitrogens with zero attached hydrogens (tertiary/aromatic N) is 1. The monoisotopic (exact) mass is 328 g/mol. The number of rotatable bonds is 5. The number of benzene rings is 2. The van der Waals surface area contributed by atoms with E-state index >= 15 is 0 Å². The average Bonchev–Trinajstić information content (AvgIpc) is 2.93. The van der Waals surface area contributed by atoms with Crippen LogP contribution in [-0.2, 0) is 6.54 Å². The highest BCUT2D eigenvalue weighted by atomic mass is 19.1. The standard InChI is InChI=1S/C19H21FN2O2/c20-16-8-6-15(7-9-16)19(24)21-11-17-10-18(23)13-22(17)12-14-4-2-1-3-5-14/h1-9,17-18,23H,10-13H2,(H,21,24). The van der Waals surface area contributed by atoms with Crippen molar-refractivity contribution in [3.63, 3.8) is 0 Å². The average molecular weight is 328 g/mol. The van der Waals surface area contributed by atoms with Gasteiger partial charge in [-0.2, -0.15) is 0 Å². The number of amides is 1. The molecule has 1 heterocycles. The van der Waals surface area contributed by atoms with Gasteiger partial charge in [-0.05, 0) is 36.2 Å². The van der Waals surface area contributed by atoms with Gasteiger partial charge < -0.3 is 10.4 Å². The molecular formula is C19H21FN2O2. The fraction of sp³-hybridized carbons (Fsp3) is 0.316. The third kappa shape index (κ3) is 4.19. The number of nitrogens with one attached hydrogen (secondary N) is 1. The zero-order chi connectivity index (χ0) is 16.9. The lowest BCUT2D eigenvalue weighted by Gasteiger charge is -2.24. The lowest BCUT2D eigenvalue weighted by Crippen LogP contribution is -2.39. The predicted octanol–water partition coefficient (Wildman–Crippen LogP) is 2.19. The minimum Gasteiger partial charge on any atom is -0.392 e. The molecule has 1 saturated heterocycles. The van der Waals surface area contributed by atoms with Gasteiger partial charge >= 0.3 is 0 Å². The van der Waals surface area contributed by atoms with Crippen LogP contribution < -0.4 is 5.32 Å².